The molecule has 1 aliphatic rings. The number of para-hydroxylation sites is 2. The summed E-state index contributed by atoms with van der Waals surface area (Å²) < 4.78 is 5.92. The van der Waals surface area contributed by atoms with E-state index in [2.05, 4.69) is 5.32 Å². The van der Waals surface area contributed by atoms with Crippen LogP contribution in [0.15, 0.2) is 72.4 Å². The number of anilines is 2. The Morgan fingerprint density at radius 3 is 2.24 bits per heavy atom. The van der Waals surface area contributed by atoms with Crippen LogP contribution in [0.4, 0.5) is 11.4 Å². The molecule has 0 radical (unpaired) electrons. The summed E-state index contributed by atoms with van der Waals surface area (Å²) in [5.41, 5.74) is 5.62. The van der Waals surface area contributed by atoms with Crippen LogP contribution in [-0.2, 0) is 9.59 Å². The normalized spacial score (nSPS) is 13.8. The minimum absolute atomic E-state index is 0.101. The van der Waals surface area contributed by atoms with Crippen molar-refractivity contribution < 1.29 is 14.3 Å². The van der Waals surface area contributed by atoms with Gasteiger partial charge < -0.3 is 10.1 Å². The highest BCUT2D eigenvalue weighted by Crippen LogP contribution is 2.39. The fourth-order valence-electron chi connectivity index (χ4n) is 4.07. The summed E-state index contributed by atoms with van der Waals surface area (Å²) in [6.07, 6.45) is -0.101. The lowest BCUT2D eigenvalue weighted by molar-refractivity contribution is -0.120. The summed E-state index contributed by atoms with van der Waals surface area (Å²) in [5.74, 6) is -0.288. The van der Waals surface area contributed by atoms with E-state index in [-0.39, 0.29) is 17.7 Å². The Balaban J connectivity index is 1.86. The molecule has 0 saturated heterocycles. The molecule has 0 spiro atoms. The van der Waals surface area contributed by atoms with Crippen LogP contribution in [0, 0.1) is 20.8 Å². The van der Waals surface area contributed by atoms with Crippen LogP contribution in [0.3, 0.4) is 0 Å². The zero-order valence-electron chi connectivity index (χ0n) is 19.6. The number of benzene rings is 3. The number of nitrogens with one attached hydrogen (secondary N) is 1. The van der Waals surface area contributed by atoms with Gasteiger partial charge in [-0.05, 0) is 75.6 Å². The van der Waals surface area contributed by atoms with Crippen molar-refractivity contribution in [3.8, 4) is 5.75 Å². The average molecular weight is 441 g/mol. The number of ether oxygens (including phenoxy) is 1. The molecule has 0 saturated carbocycles. The molecule has 5 heteroatoms. The quantitative estimate of drug-likeness (QED) is 0.493. The van der Waals surface area contributed by atoms with E-state index in [4.69, 9.17) is 4.74 Å². The number of imide groups is 1. The second-order valence-corrected chi connectivity index (χ2v) is 8.64. The number of nitrogens with zero attached hydrogens (tertiary/aromatic N) is 1. The summed E-state index contributed by atoms with van der Waals surface area (Å²) >= 11 is 0. The highest BCUT2D eigenvalue weighted by molar-refractivity contribution is 6.46. The summed E-state index contributed by atoms with van der Waals surface area (Å²) in [4.78, 5) is 28.8. The Kier molecular flexibility index (Phi) is 6.05. The largest absolute Gasteiger partial charge is 0.489 e. The lowest BCUT2D eigenvalue weighted by Gasteiger charge is -2.20. The molecule has 33 heavy (non-hydrogen) atoms. The Labute approximate surface area is 194 Å². The highest BCUT2D eigenvalue weighted by atomic mass is 16.5. The third-order valence-electron chi connectivity index (χ3n) is 5.49. The number of hydrogen-bond acceptors (Lipinski definition) is 4. The van der Waals surface area contributed by atoms with Crippen LogP contribution in [0.1, 0.15) is 36.1 Å². The van der Waals surface area contributed by atoms with Crippen molar-refractivity contribution in [1.29, 1.82) is 0 Å². The predicted octanol–water partition coefficient (Wildman–Crippen LogP) is 5.80. The van der Waals surface area contributed by atoms with Gasteiger partial charge in [-0.2, -0.15) is 0 Å². The molecule has 5 nitrogen and oxygen atoms in total. The number of aryl methyl sites for hydroxylation is 3. The molecule has 168 valence electrons. The van der Waals surface area contributed by atoms with Gasteiger partial charge in [-0.25, -0.2) is 4.90 Å². The molecule has 0 atom stereocenters. The Morgan fingerprint density at radius 1 is 0.818 bits per heavy atom. The number of amides is 2. The molecule has 1 heterocycles. The fourth-order valence-corrected chi connectivity index (χ4v) is 4.07. The smallest absolute Gasteiger partial charge is 0.282 e. The van der Waals surface area contributed by atoms with Gasteiger partial charge in [0.05, 0.1) is 17.4 Å². The number of hydrogen-bond donors (Lipinski definition) is 1. The molecule has 3 aromatic rings. The molecule has 0 aliphatic carbocycles. The SMILES string of the molecule is Cc1cccc(NC2=C(c3ccc(C)cc3C)C(=O)N(c3ccccc3OC(C)C)C2=O)c1. The molecule has 2 amide bonds. The first kappa shape index (κ1) is 22.3. The van der Waals surface area contributed by atoms with Crippen molar-refractivity contribution in [3.63, 3.8) is 0 Å². The van der Waals surface area contributed by atoms with E-state index >= 15 is 0 Å². The maximum absolute atomic E-state index is 13.8. The maximum atomic E-state index is 13.8. The molecular weight excluding hydrogens is 412 g/mol. The first-order chi connectivity index (χ1) is 15.8. The molecular formula is C28H28N2O3. The summed E-state index contributed by atoms with van der Waals surface area (Å²) in [5, 5.41) is 3.24. The molecule has 0 unspecified atom stereocenters. The van der Waals surface area contributed by atoms with E-state index in [9.17, 15) is 9.59 Å². The minimum atomic E-state index is -0.406. The zero-order chi connectivity index (χ0) is 23.7. The highest BCUT2D eigenvalue weighted by Gasteiger charge is 2.42. The lowest BCUT2D eigenvalue weighted by Crippen LogP contribution is -2.33. The van der Waals surface area contributed by atoms with Gasteiger partial charge in [0.25, 0.3) is 11.8 Å². The number of rotatable bonds is 6. The van der Waals surface area contributed by atoms with Crippen LogP contribution in [0.5, 0.6) is 5.75 Å². The first-order valence-electron chi connectivity index (χ1n) is 11.1. The average Bonchev–Trinajstić information content (AvgIpc) is 2.98. The topological polar surface area (TPSA) is 58.6 Å². The van der Waals surface area contributed by atoms with Crippen molar-refractivity contribution >= 4 is 28.8 Å². The Bertz CT molecular complexity index is 1270. The lowest BCUT2D eigenvalue weighted by atomic mass is 9.97. The van der Waals surface area contributed by atoms with Crippen molar-refractivity contribution in [3.05, 3.63) is 94.7 Å². The monoisotopic (exact) mass is 440 g/mol. The molecule has 1 N–H and O–H groups in total. The Morgan fingerprint density at radius 2 is 1.55 bits per heavy atom. The number of carbonyl (C=O) groups is 2. The van der Waals surface area contributed by atoms with Crippen LogP contribution in [0.2, 0.25) is 0 Å². The van der Waals surface area contributed by atoms with Gasteiger partial charge in [0.1, 0.15) is 11.4 Å². The van der Waals surface area contributed by atoms with Crippen LogP contribution >= 0.6 is 0 Å². The predicted molar refractivity (Wildman–Crippen MR) is 132 cm³/mol. The zero-order valence-corrected chi connectivity index (χ0v) is 19.6. The maximum Gasteiger partial charge on any atom is 0.282 e. The summed E-state index contributed by atoms with van der Waals surface area (Å²) in [6.45, 7) is 9.77. The van der Waals surface area contributed by atoms with Gasteiger partial charge in [0.15, 0.2) is 0 Å². The standard InChI is InChI=1S/C28H28N2O3/c1-17(2)33-24-12-7-6-11-23(24)30-27(31)25(22-14-13-19(4)15-20(22)5)26(28(30)32)29-21-10-8-9-18(3)16-21/h6-17,29H,1-5H3. The van der Waals surface area contributed by atoms with Gasteiger partial charge in [-0.3, -0.25) is 9.59 Å². The molecule has 3 aromatic carbocycles. The second kappa shape index (κ2) is 8.94. The van der Waals surface area contributed by atoms with Crippen LogP contribution < -0.4 is 15.0 Å². The van der Waals surface area contributed by atoms with Crippen molar-refractivity contribution in [2.45, 2.75) is 40.7 Å². The molecule has 0 fully saturated rings. The minimum Gasteiger partial charge on any atom is -0.489 e. The van der Waals surface area contributed by atoms with E-state index in [1.54, 1.807) is 18.2 Å². The van der Waals surface area contributed by atoms with E-state index in [1.807, 2.05) is 83.1 Å². The summed E-state index contributed by atoms with van der Waals surface area (Å²) in [7, 11) is 0. The van der Waals surface area contributed by atoms with Gasteiger partial charge >= 0.3 is 0 Å². The van der Waals surface area contributed by atoms with E-state index < -0.39 is 5.91 Å². The third kappa shape index (κ3) is 4.40. The van der Waals surface area contributed by atoms with Crippen LogP contribution in [0.25, 0.3) is 5.57 Å². The number of carbonyl (C=O) groups excluding carboxylic acids is 2. The van der Waals surface area contributed by atoms with Crippen molar-refractivity contribution in [2.75, 3.05) is 10.2 Å². The molecule has 0 aromatic heterocycles. The van der Waals surface area contributed by atoms with Gasteiger partial charge in [0.2, 0.25) is 0 Å². The summed E-state index contributed by atoms with van der Waals surface area (Å²) in [6, 6.07) is 20.8. The molecule has 1 aliphatic heterocycles. The third-order valence-corrected chi connectivity index (χ3v) is 5.49. The fraction of sp³-hybridized carbons (Fsp3) is 0.214. The van der Waals surface area contributed by atoms with E-state index in [1.165, 1.54) is 4.90 Å². The van der Waals surface area contributed by atoms with Crippen molar-refractivity contribution in [2.24, 2.45) is 0 Å². The Hall–Kier alpha value is -3.86. The first-order valence-corrected chi connectivity index (χ1v) is 11.1. The second-order valence-electron chi connectivity index (χ2n) is 8.64. The van der Waals surface area contributed by atoms with Gasteiger partial charge in [-0.15, -0.1) is 0 Å². The molecule has 4 rings (SSSR count). The van der Waals surface area contributed by atoms with Gasteiger partial charge in [0, 0.05) is 5.69 Å². The van der Waals surface area contributed by atoms with Gasteiger partial charge in [-0.1, -0.05) is 48.0 Å². The van der Waals surface area contributed by atoms with E-state index in [0.29, 0.717) is 17.0 Å². The van der Waals surface area contributed by atoms with Crippen LogP contribution in [-0.4, -0.2) is 17.9 Å². The van der Waals surface area contributed by atoms with Crippen molar-refractivity contribution in [1.82, 2.24) is 0 Å². The molecule has 0 bridgehead atoms. The van der Waals surface area contributed by atoms with E-state index in [0.717, 1.165) is 27.9 Å².